The van der Waals surface area contributed by atoms with Crippen molar-refractivity contribution in [3.05, 3.63) is 0 Å². The highest BCUT2D eigenvalue weighted by molar-refractivity contribution is 5.69. The molecule has 2 saturated carbocycles. The van der Waals surface area contributed by atoms with Crippen molar-refractivity contribution in [3.63, 3.8) is 0 Å². The zero-order chi connectivity index (χ0) is 14.5. The third-order valence-electron chi connectivity index (χ3n) is 6.11. The lowest BCUT2D eigenvalue weighted by molar-refractivity contribution is -0.143. The molecule has 2 aliphatic carbocycles. The molecule has 0 spiro atoms. The van der Waals surface area contributed by atoms with Crippen LogP contribution in [0.4, 0.5) is 0 Å². The van der Waals surface area contributed by atoms with E-state index in [-0.39, 0.29) is 5.92 Å². The molecular weight excluding hydrogens is 248 g/mol. The van der Waals surface area contributed by atoms with E-state index in [9.17, 15) is 4.79 Å². The van der Waals surface area contributed by atoms with Gasteiger partial charge in [0.1, 0.15) is 0 Å². The fourth-order valence-electron chi connectivity index (χ4n) is 4.47. The summed E-state index contributed by atoms with van der Waals surface area (Å²) in [5, 5.41) is 9.08. The molecule has 2 fully saturated rings. The molecule has 2 rings (SSSR count). The number of rotatable bonds is 5. The first-order valence-corrected chi connectivity index (χ1v) is 8.82. The Bertz CT molecular complexity index is 297. The summed E-state index contributed by atoms with van der Waals surface area (Å²) in [6.07, 6.45) is 12.6. The number of carboxylic acid groups (broad SMARTS) is 1. The normalized spacial score (nSPS) is 36.5. The summed E-state index contributed by atoms with van der Waals surface area (Å²) in [4.78, 5) is 11.0. The first kappa shape index (κ1) is 15.9. The highest BCUT2D eigenvalue weighted by Crippen LogP contribution is 2.42. The van der Waals surface area contributed by atoms with Crippen LogP contribution < -0.4 is 0 Å². The molecule has 116 valence electrons. The molecule has 0 radical (unpaired) electrons. The predicted octanol–water partition coefficient (Wildman–Crippen LogP) is 5.12. The number of hydrogen-bond acceptors (Lipinski definition) is 1. The Morgan fingerprint density at radius 1 is 1.00 bits per heavy atom. The van der Waals surface area contributed by atoms with Crippen LogP contribution in [0.15, 0.2) is 0 Å². The summed E-state index contributed by atoms with van der Waals surface area (Å²) in [5.74, 6) is 2.97. The topological polar surface area (TPSA) is 37.3 Å². The Morgan fingerprint density at radius 3 is 1.95 bits per heavy atom. The van der Waals surface area contributed by atoms with Crippen LogP contribution in [0.2, 0.25) is 0 Å². The van der Waals surface area contributed by atoms with Crippen molar-refractivity contribution in [2.24, 2.45) is 29.6 Å². The molecule has 2 heteroatoms. The summed E-state index contributed by atoms with van der Waals surface area (Å²) in [5.41, 5.74) is 0. The maximum atomic E-state index is 11.0. The molecule has 0 aliphatic heterocycles. The van der Waals surface area contributed by atoms with Gasteiger partial charge in [-0.3, -0.25) is 4.79 Å². The zero-order valence-electron chi connectivity index (χ0n) is 13.3. The van der Waals surface area contributed by atoms with Gasteiger partial charge in [-0.05, 0) is 68.6 Å². The molecule has 1 atom stereocenters. The van der Waals surface area contributed by atoms with Gasteiger partial charge in [-0.25, -0.2) is 0 Å². The van der Waals surface area contributed by atoms with Crippen molar-refractivity contribution < 1.29 is 9.90 Å². The van der Waals surface area contributed by atoms with E-state index < -0.39 is 5.97 Å². The van der Waals surface area contributed by atoms with Gasteiger partial charge in [-0.1, -0.05) is 33.1 Å². The van der Waals surface area contributed by atoms with Crippen molar-refractivity contribution in [2.45, 2.75) is 78.1 Å². The van der Waals surface area contributed by atoms with Gasteiger partial charge >= 0.3 is 5.97 Å². The first-order valence-electron chi connectivity index (χ1n) is 8.82. The van der Waals surface area contributed by atoms with Gasteiger partial charge in [-0.2, -0.15) is 0 Å². The molecule has 0 amide bonds. The number of hydrogen-bond donors (Lipinski definition) is 1. The number of aliphatic carboxylic acids is 1. The molecule has 0 aromatic rings. The average Bonchev–Trinajstić information content (AvgIpc) is 2.48. The minimum Gasteiger partial charge on any atom is -0.481 e. The van der Waals surface area contributed by atoms with E-state index in [4.69, 9.17) is 5.11 Å². The highest BCUT2D eigenvalue weighted by Gasteiger charge is 2.32. The minimum absolute atomic E-state index is 0.0482. The summed E-state index contributed by atoms with van der Waals surface area (Å²) in [6.45, 7) is 4.69. The fraction of sp³-hybridized carbons (Fsp3) is 0.944. The van der Waals surface area contributed by atoms with Crippen LogP contribution in [0.5, 0.6) is 0 Å². The lowest BCUT2D eigenvalue weighted by Gasteiger charge is -2.37. The van der Waals surface area contributed by atoms with Crippen molar-refractivity contribution in [3.8, 4) is 0 Å². The Kier molecular flexibility index (Phi) is 5.92. The second kappa shape index (κ2) is 7.47. The Hall–Kier alpha value is -0.530. The maximum Gasteiger partial charge on any atom is 0.306 e. The zero-order valence-corrected chi connectivity index (χ0v) is 13.3. The molecular formula is C18H32O2. The molecule has 1 N–H and O–H groups in total. The lowest BCUT2D eigenvalue weighted by atomic mass is 9.68. The molecule has 2 aliphatic rings. The molecule has 1 unspecified atom stereocenters. The first-order chi connectivity index (χ1) is 9.60. The van der Waals surface area contributed by atoms with Crippen molar-refractivity contribution in [1.82, 2.24) is 0 Å². The van der Waals surface area contributed by atoms with Crippen LogP contribution in [0, 0.1) is 29.6 Å². The van der Waals surface area contributed by atoms with E-state index in [2.05, 4.69) is 13.8 Å². The largest absolute Gasteiger partial charge is 0.481 e. The van der Waals surface area contributed by atoms with Gasteiger partial charge in [0.15, 0.2) is 0 Å². The third kappa shape index (κ3) is 4.23. The quantitative estimate of drug-likeness (QED) is 0.759. The fourth-order valence-corrected chi connectivity index (χ4v) is 4.47. The molecule has 0 bridgehead atoms. The summed E-state index contributed by atoms with van der Waals surface area (Å²) < 4.78 is 0. The van der Waals surface area contributed by atoms with Gasteiger partial charge in [0.25, 0.3) is 0 Å². The van der Waals surface area contributed by atoms with Gasteiger partial charge in [0, 0.05) is 0 Å². The summed E-state index contributed by atoms with van der Waals surface area (Å²) in [6, 6.07) is 0. The SMILES string of the molecule is CCC(C)CC1CCC(C2CCC(C(=O)O)CC2)CC1. The average molecular weight is 280 g/mol. The van der Waals surface area contributed by atoms with Gasteiger partial charge in [-0.15, -0.1) is 0 Å². The predicted molar refractivity (Wildman–Crippen MR) is 82.6 cm³/mol. The third-order valence-corrected chi connectivity index (χ3v) is 6.11. The molecule has 2 nitrogen and oxygen atoms in total. The molecule has 0 heterocycles. The van der Waals surface area contributed by atoms with Crippen molar-refractivity contribution in [2.75, 3.05) is 0 Å². The van der Waals surface area contributed by atoms with E-state index in [1.54, 1.807) is 0 Å². The second-order valence-electron chi connectivity index (χ2n) is 7.48. The minimum atomic E-state index is -0.569. The van der Waals surface area contributed by atoms with Crippen LogP contribution in [-0.2, 0) is 4.79 Å². The Balaban J connectivity index is 1.71. The lowest BCUT2D eigenvalue weighted by Crippen LogP contribution is -2.28. The maximum absolute atomic E-state index is 11.0. The van der Waals surface area contributed by atoms with E-state index in [1.165, 1.54) is 38.5 Å². The monoisotopic (exact) mass is 280 g/mol. The Labute approximate surface area is 124 Å². The summed E-state index contributed by atoms with van der Waals surface area (Å²) in [7, 11) is 0. The van der Waals surface area contributed by atoms with Crippen LogP contribution in [0.3, 0.4) is 0 Å². The van der Waals surface area contributed by atoms with Gasteiger partial charge < -0.3 is 5.11 Å². The van der Waals surface area contributed by atoms with Gasteiger partial charge in [0.2, 0.25) is 0 Å². The standard InChI is InChI=1S/C18H32O2/c1-3-13(2)12-14-4-6-15(7-5-14)16-8-10-17(11-9-16)18(19)20/h13-17H,3-12H2,1-2H3,(H,19,20). The van der Waals surface area contributed by atoms with E-state index in [0.717, 1.165) is 49.4 Å². The van der Waals surface area contributed by atoms with Crippen LogP contribution in [-0.4, -0.2) is 11.1 Å². The molecule has 0 saturated heterocycles. The van der Waals surface area contributed by atoms with Crippen LogP contribution in [0.25, 0.3) is 0 Å². The van der Waals surface area contributed by atoms with Crippen molar-refractivity contribution in [1.29, 1.82) is 0 Å². The van der Waals surface area contributed by atoms with Crippen molar-refractivity contribution >= 4 is 5.97 Å². The number of carboxylic acids is 1. The highest BCUT2D eigenvalue weighted by atomic mass is 16.4. The number of carbonyl (C=O) groups is 1. The molecule has 0 aromatic heterocycles. The molecule has 0 aromatic carbocycles. The van der Waals surface area contributed by atoms with E-state index >= 15 is 0 Å². The molecule has 20 heavy (non-hydrogen) atoms. The van der Waals surface area contributed by atoms with E-state index in [0.29, 0.717) is 0 Å². The summed E-state index contributed by atoms with van der Waals surface area (Å²) >= 11 is 0. The van der Waals surface area contributed by atoms with E-state index in [1.807, 2.05) is 0 Å². The van der Waals surface area contributed by atoms with Crippen LogP contribution >= 0.6 is 0 Å². The second-order valence-corrected chi connectivity index (χ2v) is 7.48. The van der Waals surface area contributed by atoms with Gasteiger partial charge in [0.05, 0.1) is 5.92 Å². The smallest absolute Gasteiger partial charge is 0.306 e. The van der Waals surface area contributed by atoms with Crippen LogP contribution in [0.1, 0.15) is 78.1 Å². The Morgan fingerprint density at radius 2 is 1.50 bits per heavy atom.